The van der Waals surface area contributed by atoms with Crippen LogP contribution in [0.25, 0.3) is 224 Å². The number of para-hydroxylation sites is 3. The molecule has 6 aromatic heterocycles. The van der Waals surface area contributed by atoms with Crippen LogP contribution in [-0.4, -0.2) is 39.9 Å². The van der Waals surface area contributed by atoms with Crippen LogP contribution < -0.4 is 0 Å². The first kappa shape index (κ1) is 78.7. The highest BCUT2D eigenvalue weighted by Crippen LogP contribution is 2.57. The number of hydrogen-bond acceptors (Lipinski definition) is 11. The minimum atomic E-state index is -0.153. The van der Waals surface area contributed by atoms with Crippen molar-refractivity contribution in [1.82, 2.24) is 39.9 Å². The number of furan rings is 3. The quantitative estimate of drug-likeness (QED) is 0.122. The van der Waals surface area contributed by atoms with Crippen LogP contribution in [0, 0.1) is 0 Å². The Labute approximate surface area is 763 Å². The molecule has 3 aliphatic rings. The molecule has 6 heterocycles. The standard InChI is InChI=1S/C43H30N2O.C42H29N3O.C36H25N3O/c1-43(2)35-22-20-30(25-34(35)40-36(43)23-21-33-32-18-9-10-19-39(32)46-41(33)40)29-16-11-17-31(24-29)42-44-37(27-12-5-3-6-13-27)26-38(45-42)28-14-7-4-8-15-28;1-42(2)34-22-20-29(25-33(34)37-35(42)23-21-32-31-18-9-10-19-36(31)46-38(32)37)28-16-11-17-30(24-28)41-44-39(26-12-5-3-6-13-26)43-40(45-41)27-14-7-4-8-15-27;1-36(2)28-19-17-24(21-27(28)31-29(36)20-18-26-25-15-9-10-16-30(25)40-32(26)31)35-38-33(22-11-5-3-6-12-22)37-34(39-35)23-13-7-4-8-14-23/h3-26H,1-2H3;3-25H,1-2H3;3-21H,1-2H3. The van der Waals surface area contributed by atoms with Crippen molar-refractivity contribution in [3.8, 4) is 158 Å². The van der Waals surface area contributed by atoms with E-state index in [2.05, 4.69) is 260 Å². The van der Waals surface area contributed by atoms with Crippen molar-refractivity contribution >= 4 is 65.8 Å². The van der Waals surface area contributed by atoms with Gasteiger partial charge in [0, 0.05) is 115 Å². The molecule has 0 spiro atoms. The Balaban J connectivity index is 0.000000110. The van der Waals surface area contributed by atoms with E-state index in [1.165, 1.54) is 61.2 Å². The zero-order valence-electron chi connectivity index (χ0n) is 73.4. The van der Waals surface area contributed by atoms with Gasteiger partial charge in [-0.15, -0.1) is 0 Å². The molecule has 0 unspecified atom stereocenters. The zero-order chi connectivity index (χ0) is 88.5. The molecular weight excluding hydrogens is 1610 g/mol. The summed E-state index contributed by atoms with van der Waals surface area (Å²) in [6.07, 6.45) is 0. The fourth-order valence-corrected chi connectivity index (χ4v) is 20.2. The molecule has 26 rings (SSSR count). The van der Waals surface area contributed by atoms with E-state index in [1.807, 2.05) is 182 Å². The molecule has 23 aromatic rings. The SMILES string of the molecule is CC1(C)c2ccc(-c3cccc(-c4nc(-c5ccccc5)cc(-c5ccccc5)n4)c3)cc2-c2c1ccc1c2oc2ccccc21.CC1(C)c2ccc(-c3cccc(-c4nc(-c5ccccc5)nc(-c5ccccc5)n4)c3)cc2-c2c1ccc1c2oc2ccccc21.CC1(C)c2ccc(-c3nc(-c4ccccc4)nc(-c4ccccc4)n3)cc2-c2c1ccc1c2oc2ccccc21. The van der Waals surface area contributed by atoms with Crippen LogP contribution >= 0.6 is 0 Å². The largest absolute Gasteiger partial charge is 0.455 e. The van der Waals surface area contributed by atoms with Gasteiger partial charge in [-0.1, -0.05) is 387 Å². The first-order valence-electron chi connectivity index (χ1n) is 44.9. The lowest BCUT2D eigenvalue weighted by Crippen LogP contribution is -2.14. The van der Waals surface area contributed by atoms with Crippen molar-refractivity contribution in [2.75, 3.05) is 0 Å². The number of benzene rings is 17. The maximum Gasteiger partial charge on any atom is 0.164 e. The Morgan fingerprint density at radius 3 is 0.712 bits per heavy atom. The first-order valence-corrected chi connectivity index (χ1v) is 44.9. The number of fused-ring (bicyclic) bond motifs is 21. The van der Waals surface area contributed by atoms with Crippen LogP contribution in [0.4, 0.5) is 0 Å². The summed E-state index contributed by atoms with van der Waals surface area (Å²) in [7, 11) is 0. The van der Waals surface area contributed by atoms with Gasteiger partial charge in [-0.25, -0.2) is 39.9 Å². The minimum absolute atomic E-state index is 0.127. The lowest BCUT2D eigenvalue weighted by atomic mass is 9.82. The molecule has 626 valence electrons. The first-order chi connectivity index (χ1) is 64.7. The molecule has 0 N–H and O–H groups in total. The lowest BCUT2D eigenvalue weighted by Gasteiger charge is -2.21. The van der Waals surface area contributed by atoms with Crippen molar-refractivity contribution in [2.24, 2.45) is 0 Å². The van der Waals surface area contributed by atoms with Crippen LogP contribution in [0.3, 0.4) is 0 Å². The molecule has 0 aliphatic heterocycles. The highest BCUT2D eigenvalue weighted by atomic mass is 16.3. The Morgan fingerprint density at radius 1 is 0.167 bits per heavy atom. The molecule has 0 amide bonds. The van der Waals surface area contributed by atoms with Gasteiger partial charge in [0.05, 0.1) is 11.4 Å². The molecular formula is C121H84N8O3. The van der Waals surface area contributed by atoms with Crippen LogP contribution in [0.2, 0.25) is 0 Å². The Hall–Kier alpha value is -16.8. The van der Waals surface area contributed by atoms with E-state index in [4.69, 9.17) is 53.1 Å². The highest BCUT2D eigenvalue weighted by Gasteiger charge is 2.42. The van der Waals surface area contributed by atoms with Gasteiger partial charge in [0.25, 0.3) is 0 Å². The second-order valence-electron chi connectivity index (χ2n) is 36.0. The van der Waals surface area contributed by atoms with Crippen LogP contribution in [0.1, 0.15) is 74.9 Å². The zero-order valence-corrected chi connectivity index (χ0v) is 73.4. The van der Waals surface area contributed by atoms with Gasteiger partial charge in [0.1, 0.15) is 33.5 Å². The molecule has 0 saturated heterocycles. The van der Waals surface area contributed by atoms with E-state index in [0.29, 0.717) is 40.8 Å². The normalized spacial score (nSPS) is 13.3. The second-order valence-corrected chi connectivity index (χ2v) is 36.0. The lowest BCUT2D eigenvalue weighted by molar-refractivity contribution is 0.653. The number of hydrogen-bond donors (Lipinski definition) is 0. The molecule has 17 aromatic carbocycles. The van der Waals surface area contributed by atoms with E-state index in [1.54, 1.807) is 0 Å². The fourth-order valence-electron chi connectivity index (χ4n) is 20.2. The maximum atomic E-state index is 6.55. The van der Waals surface area contributed by atoms with Crippen LogP contribution in [0.5, 0.6) is 0 Å². The van der Waals surface area contributed by atoms with Gasteiger partial charge in [0.15, 0.2) is 40.8 Å². The van der Waals surface area contributed by atoms with Gasteiger partial charge in [-0.05, 0) is 127 Å². The summed E-state index contributed by atoms with van der Waals surface area (Å²) in [6, 6.07) is 139. The number of nitrogens with zero attached hydrogens (tertiary/aromatic N) is 8. The van der Waals surface area contributed by atoms with Gasteiger partial charge in [0.2, 0.25) is 0 Å². The smallest absolute Gasteiger partial charge is 0.164 e. The summed E-state index contributed by atoms with van der Waals surface area (Å²) >= 11 is 0. The second kappa shape index (κ2) is 31.3. The summed E-state index contributed by atoms with van der Waals surface area (Å²) in [5.74, 6) is 4.63. The van der Waals surface area contributed by atoms with Gasteiger partial charge in [-0.3, -0.25) is 0 Å². The van der Waals surface area contributed by atoms with E-state index < -0.39 is 0 Å². The molecule has 132 heavy (non-hydrogen) atoms. The van der Waals surface area contributed by atoms with Gasteiger partial charge >= 0.3 is 0 Å². The third-order valence-electron chi connectivity index (χ3n) is 27.0. The van der Waals surface area contributed by atoms with Crippen molar-refractivity contribution in [3.05, 3.63) is 434 Å². The fraction of sp³-hybridized carbons (Fsp3) is 0.0744. The molecule has 0 fully saturated rings. The average molecular weight is 1700 g/mol. The van der Waals surface area contributed by atoms with Crippen LogP contribution in [0.15, 0.2) is 414 Å². The molecule has 3 aliphatic carbocycles. The molecule has 0 atom stereocenters. The van der Waals surface area contributed by atoms with E-state index in [9.17, 15) is 0 Å². The molecule has 11 nitrogen and oxygen atoms in total. The predicted octanol–water partition coefficient (Wildman–Crippen LogP) is 31.2. The highest BCUT2D eigenvalue weighted by molar-refractivity contribution is 6.15. The van der Waals surface area contributed by atoms with E-state index in [0.717, 1.165) is 155 Å². The molecule has 0 radical (unpaired) electrons. The van der Waals surface area contributed by atoms with Crippen molar-refractivity contribution < 1.29 is 13.3 Å². The Bertz CT molecular complexity index is 8020. The summed E-state index contributed by atoms with van der Waals surface area (Å²) in [6.45, 7) is 13.8. The van der Waals surface area contributed by atoms with Gasteiger partial charge < -0.3 is 13.3 Å². The van der Waals surface area contributed by atoms with E-state index >= 15 is 0 Å². The van der Waals surface area contributed by atoms with Gasteiger partial charge in [-0.2, -0.15) is 0 Å². The molecule has 0 saturated carbocycles. The maximum absolute atomic E-state index is 6.55. The van der Waals surface area contributed by atoms with Crippen molar-refractivity contribution in [3.63, 3.8) is 0 Å². The number of aromatic nitrogens is 8. The number of rotatable bonds is 11. The summed E-state index contributed by atoms with van der Waals surface area (Å²) in [5, 5.41) is 6.90. The Kier molecular flexibility index (Phi) is 18.7. The van der Waals surface area contributed by atoms with E-state index in [-0.39, 0.29) is 16.2 Å². The summed E-state index contributed by atoms with van der Waals surface area (Å²) < 4.78 is 19.6. The Morgan fingerprint density at radius 2 is 0.394 bits per heavy atom. The van der Waals surface area contributed by atoms with Crippen LogP contribution in [-0.2, 0) is 16.2 Å². The summed E-state index contributed by atoms with van der Waals surface area (Å²) in [5.41, 5.74) is 35.4. The third kappa shape index (κ3) is 13.4. The van der Waals surface area contributed by atoms with Crippen molar-refractivity contribution in [1.29, 1.82) is 0 Å². The molecule has 11 heteroatoms. The average Bonchev–Trinajstić information content (AvgIpc) is 1.56. The summed E-state index contributed by atoms with van der Waals surface area (Å²) in [4.78, 5) is 39.7. The predicted molar refractivity (Wildman–Crippen MR) is 536 cm³/mol. The molecule has 0 bridgehead atoms. The van der Waals surface area contributed by atoms with Crippen molar-refractivity contribution in [2.45, 2.75) is 57.8 Å². The third-order valence-corrected chi connectivity index (χ3v) is 27.0. The minimum Gasteiger partial charge on any atom is -0.455 e. The monoisotopic (exact) mass is 1700 g/mol. The topological polar surface area (TPSA) is 143 Å².